The van der Waals surface area contributed by atoms with Gasteiger partial charge in [0.05, 0.1) is 17.3 Å². The highest BCUT2D eigenvalue weighted by atomic mass is 35.5. The van der Waals surface area contributed by atoms with Gasteiger partial charge in [-0.15, -0.1) is 0 Å². The number of halogens is 6. The van der Waals surface area contributed by atoms with Crippen LogP contribution in [0.25, 0.3) is 22.2 Å². The van der Waals surface area contributed by atoms with Crippen molar-refractivity contribution in [3.63, 3.8) is 0 Å². The molecule has 15 heteroatoms. The zero-order valence-corrected chi connectivity index (χ0v) is 23.4. The first-order valence-electron chi connectivity index (χ1n) is 13.4. The van der Waals surface area contributed by atoms with Crippen molar-refractivity contribution in [1.29, 1.82) is 0 Å². The first-order valence-corrected chi connectivity index (χ1v) is 13.8. The van der Waals surface area contributed by atoms with Crippen molar-refractivity contribution >= 4 is 51.8 Å². The van der Waals surface area contributed by atoms with E-state index in [1.54, 1.807) is 12.3 Å². The Balaban J connectivity index is 1.47. The highest BCUT2D eigenvalue weighted by Gasteiger charge is 2.41. The number of urea groups is 1. The van der Waals surface area contributed by atoms with Gasteiger partial charge in [-0.25, -0.2) is 23.5 Å². The van der Waals surface area contributed by atoms with Crippen LogP contribution in [0.1, 0.15) is 38.7 Å². The molecular formula is C30H19ClF5N7O2. The zero-order chi connectivity index (χ0) is 31.8. The van der Waals surface area contributed by atoms with Gasteiger partial charge in [0.25, 0.3) is 5.91 Å². The molecule has 5 aromatic rings. The lowest BCUT2D eigenvalue weighted by molar-refractivity contribution is -0.137. The Morgan fingerprint density at radius 3 is 2.64 bits per heavy atom. The number of nitrogens with two attached hydrogens (primary N) is 1. The third-order valence-corrected chi connectivity index (χ3v) is 8.23. The minimum Gasteiger partial charge on any atom is -0.382 e. The maximum atomic E-state index is 14.5. The van der Waals surface area contributed by atoms with E-state index in [0.29, 0.717) is 57.5 Å². The zero-order valence-electron chi connectivity index (χ0n) is 22.7. The Kier molecular flexibility index (Phi) is 6.44. The minimum atomic E-state index is -4.91. The summed E-state index contributed by atoms with van der Waals surface area (Å²) < 4.78 is 69.1. The van der Waals surface area contributed by atoms with Gasteiger partial charge >= 0.3 is 12.2 Å². The third kappa shape index (κ3) is 4.68. The summed E-state index contributed by atoms with van der Waals surface area (Å²) >= 11 is 6.46. The average Bonchev–Trinajstić information content (AvgIpc) is 3.63. The van der Waals surface area contributed by atoms with Crippen molar-refractivity contribution in [2.45, 2.75) is 18.6 Å². The lowest BCUT2D eigenvalue weighted by Gasteiger charge is -2.35. The summed E-state index contributed by atoms with van der Waals surface area (Å²) in [6.45, 7) is 0.250. The van der Waals surface area contributed by atoms with E-state index in [1.807, 2.05) is 0 Å². The summed E-state index contributed by atoms with van der Waals surface area (Å²) in [7, 11) is 0. The summed E-state index contributed by atoms with van der Waals surface area (Å²) in [5.74, 6) is -2.77. The van der Waals surface area contributed by atoms with Gasteiger partial charge in [0.1, 0.15) is 29.0 Å². The van der Waals surface area contributed by atoms with Gasteiger partial charge in [0.2, 0.25) is 0 Å². The third-order valence-electron chi connectivity index (χ3n) is 7.89. The van der Waals surface area contributed by atoms with Crippen molar-refractivity contribution in [2.75, 3.05) is 22.5 Å². The molecule has 0 fully saturated rings. The molecule has 3 aromatic carbocycles. The molecule has 5 N–H and O–H groups in total. The molecule has 0 bridgehead atoms. The van der Waals surface area contributed by atoms with Crippen LogP contribution in [0.3, 0.4) is 0 Å². The van der Waals surface area contributed by atoms with Crippen LogP contribution in [0.4, 0.5) is 43.9 Å². The Morgan fingerprint density at radius 2 is 1.87 bits per heavy atom. The van der Waals surface area contributed by atoms with Gasteiger partial charge < -0.3 is 21.4 Å². The number of hydrogen-bond acceptors (Lipinski definition) is 5. The predicted molar refractivity (Wildman–Crippen MR) is 156 cm³/mol. The van der Waals surface area contributed by atoms with Crippen LogP contribution in [0.15, 0.2) is 55.0 Å². The maximum absolute atomic E-state index is 14.5. The van der Waals surface area contributed by atoms with E-state index in [1.165, 1.54) is 17.3 Å². The second-order valence-corrected chi connectivity index (χ2v) is 10.9. The fraction of sp³-hybridized carbons (Fsp3) is 0.133. The lowest BCUT2D eigenvalue weighted by Crippen LogP contribution is -2.46. The number of anilines is 3. The van der Waals surface area contributed by atoms with E-state index in [9.17, 15) is 31.5 Å². The van der Waals surface area contributed by atoms with Crippen LogP contribution in [0.5, 0.6) is 0 Å². The number of alkyl halides is 3. The Hall–Kier alpha value is -5.24. The number of amides is 3. The standard InChI is InChI=1S/C30H19ClF5N7O2/c31-20-2-1-14(32)8-18(20)23-22-21(41-28(44)12-5-13(30(34,35)36)7-15(33)6-12)9-17(16-3-4-43(26(16)22)29(45)42-23)19-10-38-25-24(19)39-11-40-27(25)37/h1-2,5-11,23,38H,3-4H2,(H,41,44)(H,42,45)(H2,37,39,40). The number of nitrogen functional groups attached to an aromatic ring is 1. The normalized spacial score (nSPS) is 15.7. The smallest absolute Gasteiger partial charge is 0.382 e. The van der Waals surface area contributed by atoms with Crippen molar-refractivity contribution in [2.24, 2.45) is 0 Å². The average molecular weight is 640 g/mol. The molecule has 0 saturated carbocycles. The molecule has 2 aliphatic heterocycles. The SMILES string of the molecule is Nc1ncnc2c(-c3cc(NC(=O)c4cc(F)cc(C(F)(F)F)c4)c4c5c3CCN5C(=O)NC4c3cc(F)ccc3Cl)c[nH]c12. The van der Waals surface area contributed by atoms with Gasteiger partial charge in [0.15, 0.2) is 5.82 Å². The molecular weight excluding hydrogens is 621 g/mol. The molecule has 1 unspecified atom stereocenters. The van der Waals surface area contributed by atoms with E-state index in [0.717, 1.165) is 12.1 Å². The van der Waals surface area contributed by atoms with E-state index in [2.05, 4.69) is 25.6 Å². The first kappa shape index (κ1) is 28.5. The first-order chi connectivity index (χ1) is 21.4. The molecule has 0 radical (unpaired) electrons. The number of benzene rings is 3. The number of aromatic amines is 1. The summed E-state index contributed by atoms with van der Waals surface area (Å²) in [6, 6.07) is 5.10. The molecule has 3 amide bonds. The van der Waals surface area contributed by atoms with Crippen LogP contribution < -0.4 is 21.3 Å². The van der Waals surface area contributed by atoms with Gasteiger partial charge in [0, 0.05) is 45.7 Å². The molecule has 4 heterocycles. The van der Waals surface area contributed by atoms with Gasteiger partial charge in [-0.05, 0) is 60.0 Å². The number of nitrogens with zero attached hydrogens (tertiary/aromatic N) is 3. The number of carbonyl (C=O) groups excluding carboxylic acids is 2. The van der Waals surface area contributed by atoms with Crippen molar-refractivity contribution < 1.29 is 31.5 Å². The summed E-state index contributed by atoms with van der Waals surface area (Å²) in [5, 5.41) is 5.55. The quantitative estimate of drug-likeness (QED) is 0.165. The Morgan fingerprint density at radius 1 is 1.07 bits per heavy atom. The number of rotatable bonds is 4. The number of H-pyrrole nitrogens is 1. The van der Waals surface area contributed by atoms with E-state index in [-0.39, 0.29) is 34.7 Å². The second-order valence-electron chi connectivity index (χ2n) is 10.5. The van der Waals surface area contributed by atoms with Gasteiger partial charge in [-0.2, -0.15) is 13.2 Å². The number of fused-ring (bicyclic) bond motifs is 1. The Labute approximate surface area is 255 Å². The van der Waals surface area contributed by atoms with Crippen LogP contribution in [0.2, 0.25) is 5.02 Å². The summed E-state index contributed by atoms with van der Waals surface area (Å²) in [6.07, 6.45) is -1.62. The highest BCUT2D eigenvalue weighted by molar-refractivity contribution is 6.31. The molecule has 0 aliphatic carbocycles. The number of aromatic nitrogens is 3. The van der Waals surface area contributed by atoms with E-state index >= 15 is 0 Å². The van der Waals surface area contributed by atoms with E-state index < -0.39 is 46.9 Å². The van der Waals surface area contributed by atoms with Crippen molar-refractivity contribution in [3.05, 3.63) is 99.5 Å². The van der Waals surface area contributed by atoms with Crippen LogP contribution in [-0.2, 0) is 12.6 Å². The lowest BCUT2D eigenvalue weighted by atomic mass is 9.87. The minimum absolute atomic E-state index is 0.0557. The molecule has 9 nitrogen and oxygen atoms in total. The van der Waals surface area contributed by atoms with Gasteiger partial charge in [-0.1, -0.05) is 11.6 Å². The van der Waals surface area contributed by atoms with Crippen molar-refractivity contribution in [3.8, 4) is 11.1 Å². The molecule has 7 rings (SSSR count). The molecule has 0 spiro atoms. The molecule has 2 aliphatic rings. The Bertz CT molecular complexity index is 2080. The highest BCUT2D eigenvalue weighted by Crippen LogP contribution is 2.50. The van der Waals surface area contributed by atoms with Crippen LogP contribution in [0, 0.1) is 11.6 Å². The second kappa shape index (κ2) is 10.2. The number of carbonyl (C=O) groups is 2. The molecule has 1 atom stereocenters. The fourth-order valence-electron chi connectivity index (χ4n) is 5.95. The van der Waals surface area contributed by atoms with Crippen molar-refractivity contribution in [1.82, 2.24) is 20.3 Å². The van der Waals surface area contributed by atoms with Crippen LogP contribution in [-0.4, -0.2) is 33.4 Å². The monoisotopic (exact) mass is 639 g/mol. The predicted octanol–water partition coefficient (Wildman–Crippen LogP) is 6.58. The maximum Gasteiger partial charge on any atom is 0.416 e. The van der Waals surface area contributed by atoms with E-state index in [4.69, 9.17) is 17.3 Å². The summed E-state index contributed by atoms with van der Waals surface area (Å²) in [5.41, 5.74) is 7.70. The van der Waals surface area contributed by atoms with Gasteiger partial charge in [-0.3, -0.25) is 9.69 Å². The summed E-state index contributed by atoms with van der Waals surface area (Å²) in [4.78, 5) is 39.7. The van der Waals surface area contributed by atoms with Crippen LogP contribution >= 0.6 is 11.6 Å². The largest absolute Gasteiger partial charge is 0.416 e. The number of hydrogen-bond donors (Lipinski definition) is 4. The topological polar surface area (TPSA) is 129 Å². The fourth-order valence-corrected chi connectivity index (χ4v) is 6.17. The molecule has 228 valence electrons. The molecule has 45 heavy (non-hydrogen) atoms. The number of nitrogens with one attached hydrogen (secondary N) is 3. The molecule has 0 saturated heterocycles. The molecule has 2 aromatic heterocycles.